The predicted octanol–water partition coefficient (Wildman–Crippen LogP) is 3.38. The molecular formula is C21H23FN2O5S. The van der Waals surface area contributed by atoms with Crippen LogP contribution in [0.2, 0.25) is 0 Å². The number of rotatable bonds is 6. The summed E-state index contributed by atoms with van der Waals surface area (Å²) in [6.07, 6.45) is 3.74. The number of fused-ring (bicyclic) bond motifs is 1. The number of ether oxygens (including phenoxy) is 1. The maximum Gasteiger partial charge on any atom is 0.420 e. The van der Waals surface area contributed by atoms with Gasteiger partial charge >= 0.3 is 5.76 Å². The summed E-state index contributed by atoms with van der Waals surface area (Å²) in [7, 11) is -3.64. The van der Waals surface area contributed by atoms with E-state index in [4.69, 9.17) is 9.15 Å². The molecule has 0 bridgehead atoms. The minimum Gasteiger partial charge on any atom is -0.489 e. The first-order valence-corrected chi connectivity index (χ1v) is 11.4. The van der Waals surface area contributed by atoms with E-state index in [2.05, 4.69) is 0 Å². The Labute approximate surface area is 173 Å². The van der Waals surface area contributed by atoms with Gasteiger partial charge in [0.2, 0.25) is 10.0 Å². The van der Waals surface area contributed by atoms with Crippen molar-refractivity contribution in [2.24, 2.45) is 0 Å². The molecule has 0 unspecified atom stereocenters. The van der Waals surface area contributed by atoms with Gasteiger partial charge in [0.05, 0.1) is 17.0 Å². The Morgan fingerprint density at radius 3 is 2.50 bits per heavy atom. The average Bonchev–Trinajstić information content (AvgIpc) is 2.90. The molecule has 0 spiro atoms. The molecule has 1 aromatic heterocycles. The van der Waals surface area contributed by atoms with Crippen LogP contribution >= 0.6 is 0 Å². The number of halogens is 1. The fraction of sp³-hybridized carbons (Fsp3) is 0.381. The molecule has 30 heavy (non-hydrogen) atoms. The van der Waals surface area contributed by atoms with Crippen LogP contribution in [0.1, 0.15) is 25.7 Å². The van der Waals surface area contributed by atoms with Gasteiger partial charge in [0.25, 0.3) is 0 Å². The molecule has 1 saturated heterocycles. The molecule has 3 aromatic rings. The Morgan fingerprint density at radius 2 is 1.77 bits per heavy atom. The summed E-state index contributed by atoms with van der Waals surface area (Å²) in [6.45, 7) is 1.19. The second-order valence-electron chi connectivity index (χ2n) is 7.25. The van der Waals surface area contributed by atoms with Crippen LogP contribution in [0.15, 0.2) is 56.6 Å². The second kappa shape index (κ2) is 8.61. The van der Waals surface area contributed by atoms with Crippen molar-refractivity contribution in [3.8, 4) is 5.75 Å². The number of hydrogen-bond donors (Lipinski definition) is 0. The van der Waals surface area contributed by atoms with Crippen LogP contribution < -0.4 is 10.5 Å². The number of para-hydroxylation sites is 1. The monoisotopic (exact) mass is 434 g/mol. The Kier molecular flexibility index (Phi) is 5.92. The van der Waals surface area contributed by atoms with Crippen molar-refractivity contribution in [3.05, 3.63) is 58.8 Å². The molecule has 2 aromatic carbocycles. The summed E-state index contributed by atoms with van der Waals surface area (Å²) in [4.78, 5) is 12.4. The van der Waals surface area contributed by atoms with Gasteiger partial charge < -0.3 is 9.15 Å². The zero-order chi connectivity index (χ0) is 21.1. The number of nitrogens with zero attached hydrogens (tertiary/aromatic N) is 2. The van der Waals surface area contributed by atoms with Gasteiger partial charge in [0.1, 0.15) is 6.61 Å². The van der Waals surface area contributed by atoms with E-state index < -0.39 is 21.6 Å². The Balaban J connectivity index is 1.55. The van der Waals surface area contributed by atoms with Gasteiger partial charge in [-0.3, -0.25) is 4.57 Å². The number of sulfonamides is 1. The maximum absolute atomic E-state index is 13.6. The van der Waals surface area contributed by atoms with Crippen molar-refractivity contribution in [2.75, 3.05) is 19.7 Å². The van der Waals surface area contributed by atoms with E-state index in [-0.39, 0.29) is 29.4 Å². The van der Waals surface area contributed by atoms with Crippen LogP contribution in [0.3, 0.4) is 0 Å². The molecule has 0 saturated carbocycles. The van der Waals surface area contributed by atoms with Gasteiger partial charge in [0.15, 0.2) is 17.1 Å². The molecule has 2 heterocycles. The van der Waals surface area contributed by atoms with Gasteiger partial charge in [-0.2, -0.15) is 4.31 Å². The van der Waals surface area contributed by atoms with E-state index in [1.54, 1.807) is 18.2 Å². The molecule has 1 fully saturated rings. The molecule has 7 nitrogen and oxygen atoms in total. The van der Waals surface area contributed by atoms with Gasteiger partial charge in [-0.15, -0.1) is 0 Å². The molecule has 1 aliphatic rings. The molecule has 0 atom stereocenters. The minimum absolute atomic E-state index is 0.0588. The molecule has 0 N–H and O–H groups in total. The summed E-state index contributed by atoms with van der Waals surface area (Å²) < 4.78 is 53.1. The fourth-order valence-electron chi connectivity index (χ4n) is 3.66. The zero-order valence-electron chi connectivity index (χ0n) is 16.4. The van der Waals surface area contributed by atoms with Crippen molar-refractivity contribution >= 4 is 21.1 Å². The lowest BCUT2D eigenvalue weighted by atomic mass is 10.2. The number of oxazole rings is 1. The SMILES string of the molecule is O=c1oc2cc(S(=O)(=O)N3CCCCCC3)ccc2n1CCOc1ccccc1F. The quantitative estimate of drug-likeness (QED) is 0.594. The van der Waals surface area contributed by atoms with E-state index in [1.165, 1.54) is 33.1 Å². The standard InChI is InChI=1S/C21H23FN2O5S/c22-17-7-3-4-8-19(17)28-14-13-24-18-10-9-16(15-20(18)29-21(24)25)30(26,27)23-11-5-1-2-6-12-23/h3-4,7-10,15H,1-2,5-6,11-14H2. The number of aromatic nitrogens is 1. The third-order valence-corrected chi connectivity index (χ3v) is 7.15. The molecule has 0 amide bonds. The van der Waals surface area contributed by atoms with Gasteiger partial charge in [-0.1, -0.05) is 25.0 Å². The topological polar surface area (TPSA) is 81.7 Å². The predicted molar refractivity (Wildman–Crippen MR) is 110 cm³/mol. The van der Waals surface area contributed by atoms with Crippen molar-refractivity contribution in [3.63, 3.8) is 0 Å². The lowest BCUT2D eigenvalue weighted by Crippen LogP contribution is -2.31. The summed E-state index contributed by atoms with van der Waals surface area (Å²) >= 11 is 0. The summed E-state index contributed by atoms with van der Waals surface area (Å²) in [5.74, 6) is -0.999. The second-order valence-corrected chi connectivity index (χ2v) is 9.18. The van der Waals surface area contributed by atoms with Crippen LogP contribution in [0, 0.1) is 5.82 Å². The average molecular weight is 434 g/mol. The fourth-order valence-corrected chi connectivity index (χ4v) is 5.19. The highest BCUT2D eigenvalue weighted by Crippen LogP contribution is 2.24. The van der Waals surface area contributed by atoms with Gasteiger partial charge in [-0.05, 0) is 37.1 Å². The number of hydrogen-bond acceptors (Lipinski definition) is 5. The smallest absolute Gasteiger partial charge is 0.420 e. The molecule has 0 aliphatic carbocycles. The van der Waals surface area contributed by atoms with Crippen molar-refractivity contribution in [1.82, 2.24) is 8.87 Å². The van der Waals surface area contributed by atoms with Crippen molar-refractivity contribution in [1.29, 1.82) is 0 Å². The Hall–Kier alpha value is -2.65. The van der Waals surface area contributed by atoms with Crippen LogP contribution in [0.5, 0.6) is 5.75 Å². The van der Waals surface area contributed by atoms with Crippen LogP contribution in [0.25, 0.3) is 11.1 Å². The minimum atomic E-state index is -3.64. The third-order valence-electron chi connectivity index (χ3n) is 5.25. The molecule has 1 aliphatic heterocycles. The third kappa shape index (κ3) is 4.13. The van der Waals surface area contributed by atoms with Gasteiger partial charge in [-0.25, -0.2) is 17.6 Å². The van der Waals surface area contributed by atoms with E-state index in [9.17, 15) is 17.6 Å². The highest BCUT2D eigenvalue weighted by Gasteiger charge is 2.26. The highest BCUT2D eigenvalue weighted by atomic mass is 32.2. The van der Waals surface area contributed by atoms with Crippen LogP contribution in [0.4, 0.5) is 4.39 Å². The first-order chi connectivity index (χ1) is 14.5. The van der Waals surface area contributed by atoms with Crippen LogP contribution in [-0.4, -0.2) is 37.0 Å². The number of benzene rings is 2. The van der Waals surface area contributed by atoms with Crippen molar-refractivity contribution < 1.29 is 22.0 Å². The molecule has 9 heteroatoms. The maximum atomic E-state index is 13.6. The lowest BCUT2D eigenvalue weighted by Gasteiger charge is -2.19. The highest BCUT2D eigenvalue weighted by molar-refractivity contribution is 7.89. The first-order valence-electron chi connectivity index (χ1n) is 9.98. The first kappa shape index (κ1) is 20.6. The Bertz CT molecular complexity index is 1190. The Morgan fingerprint density at radius 1 is 1.03 bits per heavy atom. The van der Waals surface area contributed by atoms with Gasteiger partial charge in [0, 0.05) is 19.2 Å². The molecule has 4 rings (SSSR count). The summed E-state index contributed by atoms with van der Waals surface area (Å²) in [5, 5.41) is 0. The van der Waals surface area contributed by atoms with E-state index >= 15 is 0 Å². The summed E-state index contributed by atoms with van der Waals surface area (Å²) in [6, 6.07) is 10.5. The molecule has 0 radical (unpaired) electrons. The van der Waals surface area contributed by atoms with Crippen LogP contribution in [-0.2, 0) is 16.6 Å². The lowest BCUT2D eigenvalue weighted by molar-refractivity contribution is 0.281. The van der Waals surface area contributed by atoms with Crippen molar-refractivity contribution in [2.45, 2.75) is 37.1 Å². The van der Waals surface area contributed by atoms with E-state index in [0.29, 0.717) is 18.6 Å². The van der Waals surface area contributed by atoms with E-state index in [1.807, 2.05) is 0 Å². The largest absolute Gasteiger partial charge is 0.489 e. The zero-order valence-corrected chi connectivity index (χ0v) is 17.2. The van der Waals surface area contributed by atoms with E-state index in [0.717, 1.165) is 25.7 Å². The summed E-state index contributed by atoms with van der Waals surface area (Å²) in [5.41, 5.74) is 0.661. The normalized spacial score (nSPS) is 15.9. The molecule has 160 valence electrons. The molecular weight excluding hydrogens is 411 g/mol.